The van der Waals surface area contributed by atoms with Crippen LogP contribution in [0, 0.1) is 0 Å². The second kappa shape index (κ2) is 11.0. The molecule has 0 radical (unpaired) electrons. The molecule has 0 saturated carbocycles. The Morgan fingerprint density at radius 1 is 0.473 bits per heavy atom. The molecule has 5 nitrogen and oxygen atoms in total. The average molecular weight is 704 g/mol. The third-order valence-corrected chi connectivity index (χ3v) is 12.0. The lowest BCUT2D eigenvalue weighted by molar-refractivity contribution is 0.660. The highest BCUT2D eigenvalue weighted by Gasteiger charge is 2.35. The minimum Gasteiger partial charge on any atom is -0.308 e. The molecule has 12 rings (SSSR count). The topological polar surface area (TPSA) is 48.0 Å². The van der Waals surface area contributed by atoms with E-state index in [-0.39, 0.29) is 5.41 Å². The van der Waals surface area contributed by atoms with E-state index in [1.807, 2.05) is 4.52 Å². The first-order valence-electron chi connectivity index (χ1n) is 18.9. The van der Waals surface area contributed by atoms with Gasteiger partial charge in [0.05, 0.1) is 27.9 Å². The molecule has 0 aliphatic heterocycles. The number of nitrogens with zero attached hydrogens (tertiary/aromatic N) is 5. The van der Waals surface area contributed by atoms with Gasteiger partial charge in [-0.05, 0) is 80.2 Å². The summed E-state index contributed by atoms with van der Waals surface area (Å²) < 4.78 is 4.30. The summed E-state index contributed by atoms with van der Waals surface area (Å²) in [7, 11) is 0. The highest BCUT2D eigenvalue weighted by Crippen LogP contribution is 2.50. The van der Waals surface area contributed by atoms with Crippen molar-refractivity contribution in [1.82, 2.24) is 24.1 Å². The number of fused-ring (bicyclic) bond motifs is 13. The molecule has 1 aliphatic rings. The molecule has 258 valence electrons. The summed E-state index contributed by atoms with van der Waals surface area (Å²) in [5.41, 5.74) is 12.4. The van der Waals surface area contributed by atoms with Crippen LogP contribution in [0.5, 0.6) is 0 Å². The van der Waals surface area contributed by atoms with Gasteiger partial charge in [0.15, 0.2) is 5.82 Å². The Labute approximate surface area is 316 Å². The van der Waals surface area contributed by atoms with Crippen molar-refractivity contribution in [3.8, 4) is 39.5 Å². The molecular weight excluding hydrogens is 671 g/mol. The van der Waals surface area contributed by atoms with Crippen LogP contribution in [-0.4, -0.2) is 24.1 Å². The fourth-order valence-corrected chi connectivity index (χ4v) is 9.41. The predicted molar refractivity (Wildman–Crippen MR) is 226 cm³/mol. The van der Waals surface area contributed by atoms with Crippen LogP contribution in [0.3, 0.4) is 0 Å². The minimum atomic E-state index is -0.112. The molecule has 55 heavy (non-hydrogen) atoms. The van der Waals surface area contributed by atoms with Crippen molar-refractivity contribution in [1.29, 1.82) is 0 Å². The van der Waals surface area contributed by atoms with E-state index >= 15 is 0 Å². The maximum absolute atomic E-state index is 5.29. The van der Waals surface area contributed by atoms with E-state index < -0.39 is 0 Å². The molecule has 0 atom stereocenters. The first-order chi connectivity index (χ1) is 27.0. The van der Waals surface area contributed by atoms with Crippen LogP contribution in [-0.2, 0) is 5.41 Å². The van der Waals surface area contributed by atoms with Gasteiger partial charge < -0.3 is 4.57 Å². The number of rotatable bonds is 3. The quantitative estimate of drug-likeness (QED) is 0.184. The van der Waals surface area contributed by atoms with Crippen molar-refractivity contribution >= 4 is 60.0 Å². The Hall–Kier alpha value is -7.11. The van der Waals surface area contributed by atoms with Gasteiger partial charge >= 0.3 is 0 Å². The van der Waals surface area contributed by atoms with Gasteiger partial charge in [0.2, 0.25) is 0 Å². The van der Waals surface area contributed by atoms with Crippen LogP contribution in [0.4, 0.5) is 0 Å². The van der Waals surface area contributed by atoms with E-state index in [1.165, 1.54) is 54.6 Å². The lowest BCUT2D eigenvalue weighted by atomic mass is 9.82. The monoisotopic (exact) mass is 703 g/mol. The molecule has 11 aromatic rings. The first-order valence-corrected chi connectivity index (χ1v) is 18.9. The average Bonchev–Trinajstić information content (AvgIpc) is 3.89. The van der Waals surface area contributed by atoms with Gasteiger partial charge in [-0.25, -0.2) is 4.98 Å². The zero-order valence-corrected chi connectivity index (χ0v) is 30.3. The van der Waals surface area contributed by atoms with Crippen molar-refractivity contribution in [2.75, 3.05) is 0 Å². The second-order valence-electron chi connectivity index (χ2n) is 15.3. The van der Waals surface area contributed by atoms with Crippen molar-refractivity contribution in [3.05, 3.63) is 175 Å². The highest BCUT2D eigenvalue weighted by atomic mass is 15.3. The standard InChI is InChI=1S/C50H33N5/c1-50(2)39-20-10-7-17-35(39)36-26-23-32(29-40(36)50)47-37-18-8-12-22-42(37)55-49(51-47)52-48(53-55)38-19-9-11-21-41(38)54-43-27-24-30-13-3-5-15-33(30)45(43)46-34-16-6-4-14-31(34)25-28-44(46)54/h3-29H,1-2H3. The van der Waals surface area contributed by atoms with E-state index in [0.29, 0.717) is 11.6 Å². The van der Waals surface area contributed by atoms with E-state index in [0.717, 1.165) is 44.4 Å². The second-order valence-corrected chi connectivity index (χ2v) is 15.3. The molecule has 0 unspecified atom stereocenters. The van der Waals surface area contributed by atoms with E-state index in [9.17, 15) is 0 Å². The van der Waals surface area contributed by atoms with Gasteiger partial charge in [-0.1, -0.05) is 141 Å². The smallest absolute Gasteiger partial charge is 0.253 e. The van der Waals surface area contributed by atoms with Crippen molar-refractivity contribution in [3.63, 3.8) is 0 Å². The molecule has 5 heteroatoms. The number of hydrogen-bond acceptors (Lipinski definition) is 3. The molecule has 0 saturated heterocycles. The minimum absolute atomic E-state index is 0.112. The van der Waals surface area contributed by atoms with Crippen LogP contribution in [0.25, 0.3) is 99.5 Å². The largest absolute Gasteiger partial charge is 0.308 e. The van der Waals surface area contributed by atoms with Gasteiger partial charge in [0, 0.05) is 32.7 Å². The number of para-hydroxylation sites is 2. The summed E-state index contributed by atoms with van der Waals surface area (Å²) >= 11 is 0. The van der Waals surface area contributed by atoms with Crippen molar-refractivity contribution in [2.24, 2.45) is 0 Å². The molecule has 8 aromatic carbocycles. The van der Waals surface area contributed by atoms with Crippen LogP contribution in [0.2, 0.25) is 0 Å². The van der Waals surface area contributed by atoms with Gasteiger partial charge in [0.1, 0.15) is 0 Å². The Kier molecular flexibility index (Phi) is 6.05. The van der Waals surface area contributed by atoms with E-state index in [2.05, 4.69) is 182 Å². The fourth-order valence-electron chi connectivity index (χ4n) is 9.41. The SMILES string of the molecule is CC1(C)c2ccccc2-c2ccc(-c3nc4nc(-c5ccccc5-n5c6ccc7ccccc7c6c6c7ccccc7ccc65)nn4c4ccccc34)cc21. The number of benzene rings is 8. The Bertz CT molecular complexity index is 3330. The lowest BCUT2D eigenvalue weighted by Crippen LogP contribution is -2.15. The third kappa shape index (κ3) is 4.15. The number of hydrogen-bond donors (Lipinski definition) is 0. The number of aromatic nitrogens is 5. The van der Waals surface area contributed by atoms with Crippen LogP contribution in [0.15, 0.2) is 164 Å². The van der Waals surface area contributed by atoms with E-state index in [1.54, 1.807) is 0 Å². The molecule has 1 aliphatic carbocycles. The van der Waals surface area contributed by atoms with E-state index in [4.69, 9.17) is 15.1 Å². The molecule has 0 spiro atoms. The molecule has 0 bridgehead atoms. The van der Waals surface area contributed by atoms with Crippen LogP contribution < -0.4 is 0 Å². The van der Waals surface area contributed by atoms with Gasteiger partial charge in [0.25, 0.3) is 5.78 Å². The summed E-state index contributed by atoms with van der Waals surface area (Å²) in [6, 6.07) is 58.9. The van der Waals surface area contributed by atoms with Crippen molar-refractivity contribution < 1.29 is 0 Å². The molecule has 3 aromatic heterocycles. The molecule has 3 heterocycles. The highest BCUT2D eigenvalue weighted by molar-refractivity contribution is 6.28. The Morgan fingerprint density at radius 3 is 1.82 bits per heavy atom. The van der Waals surface area contributed by atoms with Crippen LogP contribution >= 0.6 is 0 Å². The van der Waals surface area contributed by atoms with Gasteiger partial charge in [-0.15, -0.1) is 5.10 Å². The summed E-state index contributed by atoms with van der Waals surface area (Å²) in [6.45, 7) is 4.64. The predicted octanol–water partition coefficient (Wildman–Crippen LogP) is 12.3. The normalized spacial score (nSPS) is 13.4. The Balaban J connectivity index is 1.09. The third-order valence-electron chi connectivity index (χ3n) is 12.0. The Morgan fingerprint density at radius 2 is 1.07 bits per heavy atom. The first kappa shape index (κ1) is 30.4. The zero-order valence-electron chi connectivity index (χ0n) is 30.3. The summed E-state index contributed by atoms with van der Waals surface area (Å²) in [5.74, 6) is 1.20. The maximum atomic E-state index is 5.29. The van der Waals surface area contributed by atoms with Crippen LogP contribution in [0.1, 0.15) is 25.0 Å². The maximum Gasteiger partial charge on any atom is 0.253 e. The van der Waals surface area contributed by atoms with Gasteiger partial charge in [-0.2, -0.15) is 9.50 Å². The zero-order chi connectivity index (χ0) is 36.4. The lowest BCUT2D eigenvalue weighted by Gasteiger charge is -2.22. The molecular formula is C50H33N5. The molecule has 0 amide bonds. The fraction of sp³-hybridized carbons (Fsp3) is 0.0600. The van der Waals surface area contributed by atoms with Crippen molar-refractivity contribution in [2.45, 2.75) is 19.3 Å². The summed E-state index contributed by atoms with van der Waals surface area (Å²) in [5, 5.41) is 13.7. The molecule has 0 N–H and O–H groups in total. The van der Waals surface area contributed by atoms with Gasteiger partial charge in [-0.3, -0.25) is 0 Å². The molecule has 0 fully saturated rings. The summed E-state index contributed by atoms with van der Waals surface area (Å²) in [6.07, 6.45) is 0. The summed E-state index contributed by atoms with van der Waals surface area (Å²) in [4.78, 5) is 10.5.